The summed E-state index contributed by atoms with van der Waals surface area (Å²) < 4.78 is 6.00. The lowest BCUT2D eigenvalue weighted by molar-refractivity contribution is -0.122. The summed E-state index contributed by atoms with van der Waals surface area (Å²) in [6.45, 7) is 1.58. The quantitative estimate of drug-likeness (QED) is 0.593. The number of hydrogen-bond acceptors (Lipinski definition) is 3. The average Bonchev–Trinajstić information content (AvgIpc) is 2.93. The Bertz CT molecular complexity index is 506. The standard InChI is InChI=1S/C19H31N3O2/c23-19(16-10-7-11-18-17(16)14-21-22-18)20-12-5-6-13-24-15-8-3-1-2-4-9-15/h14-16H,1-13H2,(H,20,23)(H,21,22)/t16-/m1/s1. The van der Waals surface area contributed by atoms with Crippen molar-refractivity contribution in [1.82, 2.24) is 15.5 Å². The van der Waals surface area contributed by atoms with Gasteiger partial charge in [-0.2, -0.15) is 5.10 Å². The number of aryl methyl sites for hydroxylation is 1. The molecule has 5 heteroatoms. The predicted octanol–water partition coefficient (Wildman–Crippen LogP) is 3.47. The second-order valence-electron chi connectivity index (χ2n) is 7.23. The molecule has 1 heterocycles. The van der Waals surface area contributed by atoms with E-state index in [9.17, 15) is 4.79 Å². The Labute approximate surface area is 144 Å². The van der Waals surface area contributed by atoms with Gasteiger partial charge < -0.3 is 10.1 Å². The highest BCUT2D eigenvalue weighted by atomic mass is 16.5. The van der Waals surface area contributed by atoms with Gasteiger partial charge in [0.2, 0.25) is 5.91 Å². The summed E-state index contributed by atoms with van der Waals surface area (Å²) in [5.74, 6) is 0.136. The largest absolute Gasteiger partial charge is 0.378 e. The van der Waals surface area contributed by atoms with Crippen molar-refractivity contribution in [2.75, 3.05) is 13.2 Å². The fourth-order valence-corrected chi connectivity index (χ4v) is 3.95. The number of carbonyl (C=O) groups is 1. The Hall–Kier alpha value is -1.36. The topological polar surface area (TPSA) is 67.0 Å². The van der Waals surface area contributed by atoms with Crippen LogP contribution in [0.4, 0.5) is 0 Å². The minimum absolute atomic E-state index is 0.0188. The summed E-state index contributed by atoms with van der Waals surface area (Å²) in [5.41, 5.74) is 2.23. The third kappa shape index (κ3) is 4.82. The minimum Gasteiger partial charge on any atom is -0.378 e. The number of unbranched alkanes of at least 4 members (excludes halogenated alkanes) is 1. The van der Waals surface area contributed by atoms with Crippen molar-refractivity contribution in [2.45, 2.75) is 82.7 Å². The summed E-state index contributed by atoms with van der Waals surface area (Å²) in [4.78, 5) is 12.4. The van der Waals surface area contributed by atoms with Crippen LogP contribution in [0.5, 0.6) is 0 Å². The van der Waals surface area contributed by atoms with Crippen molar-refractivity contribution in [3.05, 3.63) is 17.5 Å². The summed E-state index contributed by atoms with van der Waals surface area (Å²) in [5, 5.41) is 10.2. The molecule has 1 amide bonds. The number of nitrogens with one attached hydrogen (secondary N) is 2. The smallest absolute Gasteiger partial charge is 0.227 e. The normalized spacial score (nSPS) is 21.9. The van der Waals surface area contributed by atoms with Crippen LogP contribution in [0.1, 0.15) is 81.4 Å². The molecule has 1 aromatic heterocycles. The molecule has 0 saturated heterocycles. The van der Waals surface area contributed by atoms with E-state index in [4.69, 9.17) is 4.74 Å². The maximum absolute atomic E-state index is 12.4. The molecule has 0 unspecified atom stereocenters. The van der Waals surface area contributed by atoms with Crippen molar-refractivity contribution in [2.24, 2.45) is 0 Å². The lowest BCUT2D eigenvalue weighted by Crippen LogP contribution is -2.32. The van der Waals surface area contributed by atoms with Gasteiger partial charge in [0.1, 0.15) is 0 Å². The lowest BCUT2D eigenvalue weighted by Gasteiger charge is -2.21. The molecule has 1 aromatic rings. The second kappa shape index (κ2) is 9.21. The Morgan fingerprint density at radius 3 is 2.83 bits per heavy atom. The van der Waals surface area contributed by atoms with Crippen LogP contribution in [0.3, 0.4) is 0 Å². The zero-order valence-electron chi connectivity index (χ0n) is 14.7. The molecular formula is C19H31N3O2. The van der Waals surface area contributed by atoms with Gasteiger partial charge in [0.15, 0.2) is 0 Å². The number of H-pyrrole nitrogens is 1. The first-order chi connectivity index (χ1) is 11.8. The molecule has 1 atom stereocenters. The first kappa shape index (κ1) is 17.5. The van der Waals surface area contributed by atoms with E-state index in [0.29, 0.717) is 6.10 Å². The van der Waals surface area contributed by atoms with Crippen LogP contribution < -0.4 is 5.32 Å². The molecule has 2 aliphatic rings. The van der Waals surface area contributed by atoms with Crippen molar-refractivity contribution < 1.29 is 9.53 Å². The highest BCUT2D eigenvalue weighted by Gasteiger charge is 2.27. The Morgan fingerprint density at radius 2 is 2.00 bits per heavy atom. The van der Waals surface area contributed by atoms with Gasteiger partial charge in [0.05, 0.1) is 18.2 Å². The SMILES string of the molecule is O=C(NCCCCOC1CCCCCC1)[C@@H]1CCCc2[nH]ncc21. The van der Waals surface area contributed by atoms with Crippen LogP contribution in [-0.4, -0.2) is 35.4 Å². The molecule has 2 aliphatic carbocycles. The third-order valence-electron chi connectivity index (χ3n) is 5.39. The molecular weight excluding hydrogens is 302 g/mol. The lowest BCUT2D eigenvalue weighted by atomic mass is 9.86. The van der Waals surface area contributed by atoms with Crippen LogP contribution >= 0.6 is 0 Å². The third-order valence-corrected chi connectivity index (χ3v) is 5.39. The Balaban J connectivity index is 1.29. The van der Waals surface area contributed by atoms with Gasteiger partial charge in [-0.1, -0.05) is 25.7 Å². The molecule has 0 aliphatic heterocycles. The van der Waals surface area contributed by atoms with E-state index in [2.05, 4.69) is 15.5 Å². The van der Waals surface area contributed by atoms with Crippen LogP contribution in [-0.2, 0) is 16.0 Å². The molecule has 0 bridgehead atoms. The molecule has 0 radical (unpaired) electrons. The number of ether oxygens (including phenoxy) is 1. The van der Waals surface area contributed by atoms with E-state index in [1.807, 2.05) is 6.20 Å². The maximum atomic E-state index is 12.4. The van der Waals surface area contributed by atoms with Crippen LogP contribution in [0.25, 0.3) is 0 Å². The number of carbonyl (C=O) groups excluding carboxylic acids is 1. The maximum Gasteiger partial charge on any atom is 0.227 e. The molecule has 0 aromatic carbocycles. The monoisotopic (exact) mass is 333 g/mol. The predicted molar refractivity (Wildman–Crippen MR) is 94.0 cm³/mol. The molecule has 3 rings (SSSR count). The molecule has 24 heavy (non-hydrogen) atoms. The van der Waals surface area contributed by atoms with Gasteiger partial charge in [-0.15, -0.1) is 0 Å². The van der Waals surface area contributed by atoms with Crippen LogP contribution in [0.2, 0.25) is 0 Å². The van der Waals surface area contributed by atoms with E-state index in [1.54, 1.807) is 0 Å². The molecule has 5 nitrogen and oxygen atoms in total. The zero-order chi connectivity index (χ0) is 16.6. The van der Waals surface area contributed by atoms with E-state index in [0.717, 1.165) is 56.5 Å². The van der Waals surface area contributed by atoms with Gasteiger partial charge in [0, 0.05) is 24.4 Å². The number of fused-ring (bicyclic) bond motifs is 1. The van der Waals surface area contributed by atoms with Gasteiger partial charge in [-0.05, 0) is 44.9 Å². The molecule has 2 N–H and O–H groups in total. The fourth-order valence-electron chi connectivity index (χ4n) is 3.95. The number of rotatable bonds is 7. The second-order valence-corrected chi connectivity index (χ2v) is 7.23. The van der Waals surface area contributed by atoms with Gasteiger partial charge in [-0.25, -0.2) is 0 Å². The van der Waals surface area contributed by atoms with Crippen molar-refractivity contribution in [1.29, 1.82) is 0 Å². The number of aromatic amines is 1. The van der Waals surface area contributed by atoms with E-state index >= 15 is 0 Å². The summed E-state index contributed by atoms with van der Waals surface area (Å²) in [6, 6.07) is 0. The van der Waals surface area contributed by atoms with Gasteiger partial charge in [0.25, 0.3) is 0 Å². The van der Waals surface area contributed by atoms with Gasteiger partial charge in [-0.3, -0.25) is 9.89 Å². The number of nitrogens with zero attached hydrogens (tertiary/aromatic N) is 1. The van der Waals surface area contributed by atoms with Crippen molar-refractivity contribution in [3.8, 4) is 0 Å². The summed E-state index contributed by atoms with van der Waals surface area (Å²) >= 11 is 0. The van der Waals surface area contributed by atoms with Crippen LogP contribution in [0.15, 0.2) is 6.20 Å². The van der Waals surface area contributed by atoms with E-state index in [-0.39, 0.29) is 11.8 Å². The first-order valence-electron chi connectivity index (χ1n) is 9.76. The number of amides is 1. The average molecular weight is 333 g/mol. The highest BCUT2D eigenvalue weighted by molar-refractivity contribution is 5.84. The zero-order valence-corrected chi connectivity index (χ0v) is 14.7. The fraction of sp³-hybridized carbons (Fsp3) is 0.789. The molecule has 1 fully saturated rings. The first-order valence-corrected chi connectivity index (χ1v) is 9.76. The summed E-state index contributed by atoms with van der Waals surface area (Å²) in [6.07, 6.45) is 15.1. The Morgan fingerprint density at radius 1 is 1.17 bits per heavy atom. The van der Waals surface area contributed by atoms with Crippen molar-refractivity contribution >= 4 is 5.91 Å². The van der Waals surface area contributed by atoms with Crippen molar-refractivity contribution in [3.63, 3.8) is 0 Å². The number of aromatic nitrogens is 2. The Kier molecular flexibility index (Phi) is 6.70. The highest BCUT2D eigenvalue weighted by Crippen LogP contribution is 2.30. The van der Waals surface area contributed by atoms with Crippen LogP contribution in [0, 0.1) is 0 Å². The molecule has 134 valence electrons. The minimum atomic E-state index is -0.0188. The molecule has 0 spiro atoms. The molecule has 1 saturated carbocycles. The van der Waals surface area contributed by atoms with E-state index in [1.165, 1.54) is 38.5 Å². The van der Waals surface area contributed by atoms with Gasteiger partial charge >= 0.3 is 0 Å². The summed E-state index contributed by atoms with van der Waals surface area (Å²) in [7, 11) is 0. The number of hydrogen-bond donors (Lipinski definition) is 2. The van der Waals surface area contributed by atoms with E-state index < -0.39 is 0 Å².